The van der Waals surface area contributed by atoms with Crippen molar-refractivity contribution in [3.63, 3.8) is 0 Å². The first-order valence-electron chi connectivity index (χ1n) is 8.79. The number of benzene rings is 1. The molecule has 2 aromatic rings. The van der Waals surface area contributed by atoms with Crippen LogP contribution in [0.3, 0.4) is 0 Å². The standard InChI is InChI=1S/C20H20N2O7/c1-4-28-17-12(6-5-7-15(17)26-2)10-14-18(23)22(20(25)21-14)11-13-8-9-16(29-13)19(24)27-3/h5-10H,4,11H2,1-3H3,(H,21,25). The second kappa shape index (κ2) is 8.51. The molecule has 9 nitrogen and oxygen atoms in total. The molecule has 1 fully saturated rings. The number of carbonyl (C=O) groups excluding carboxylic acids is 3. The van der Waals surface area contributed by atoms with Crippen LogP contribution in [-0.2, 0) is 16.1 Å². The number of carbonyl (C=O) groups is 3. The van der Waals surface area contributed by atoms with Crippen molar-refractivity contribution in [1.29, 1.82) is 0 Å². The van der Waals surface area contributed by atoms with Crippen LogP contribution in [0.25, 0.3) is 6.08 Å². The number of urea groups is 1. The van der Waals surface area contributed by atoms with Crippen LogP contribution < -0.4 is 14.8 Å². The molecule has 0 spiro atoms. The number of rotatable bonds is 7. The van der Waals surface area contributed by atoms with Gasteiger partial charge in [0.05, 0.1) is 27.4 Å². The molecule has 1 aliphatic rings. The Bertz CT molecular complexity index is 977. The van der Waals surface area contributed by atoms with Gasteiger partial charge in [0.25, 0.3) is 5.91 Å². The highest BCUT2D eigenvalue weighted by Gasteiger charge is 2.34. The number of imide groups is 1. The molecule has 0 bridgehead atoms. The van der Waals surface area contributed by atoms with Gasteiger partial charge in [0.1, 0.15) is 11.5 Å². The summed E-state index contributed by atoms with van der Waals surface area (Å²) in [5.41, 5.74) is 0.673. The molecule has 1 aromatic heterocycles. The Balaban J connectivity index is 1.84. The van der Waals surface area contributed by atoms with Crippen molar-refractivity contribution >= 4 is 24.0 Å². The third-order valence-corrected chi connectivity index (χ3v) is 4.14. The van der Waals surface area contributed by atoms with Crippen LogP contribution in [0.2, 0.25) is 0 Å². The van der Waals surface area contributed by atoms with Crippen LogP contribution in [0.4, 0.5) is 4.79 Å². The molecule has 152 valence electrons. The highest BCUT2D eigenvalue weighted by molar-refractivity contribution is 6.14. The highest BCUT2D eigenvalue weighted by Crippen LogP contribution is 2.33. The zero-order chi connectivity index (χ0) is 21.0. The van der Waals surface area contributed by atoms with Crippen molar-refractivity contribution < 1.29 is 33.0 Å². The monoisotopic (exact) mass is 400 g/mol. The molecule has 0 radical (unpaired) electrons. The van der Waals surface area contributed by atoms with Crippen LogP contribution >= 0.6 is 0 Å². The van der Waals surface area contributed by atoms with Gasteiger partial charge in [-0.15, -0.1) is 0 Å². The van der Waals surface area contributed by atoms with E-state index in [-0.39, 0.29) is 23.8 Å². The van der Waals surface area contributed by atoms with E-state index in [4.69, 9.17) is 13.9 Å². The number of nitrogens with zero attached hydrogens (tertiary/aromatic N) is 1. The van der Waals surface area contributed by atoms with E-state index in [0.717, 1.165) is 4.90 Å². The van der Waals surface area contributed by atoms with E-state index >= 15 is 0 Å². The third-order valence-electron chi connectivity index (χ3n) is 4.14. The molecule has 1 aliphatic heterocycles. The van der Waals surface area contributed by atoms with Gasteiger partial charge in [0.15, 0.2) is 11.5 Å². The first-order valence-corrected chi connectivity index (χ1v) is 8.79. The molecule has 3 amide bonds. The maximum Gasteiger partial charge on any atom is 0.373 e. The van der Waals surface area contributed by atoms with Crippen molar-refractivity contribution in [2.24, 2.45) is 0 Å². The van der Waals surface area contributed by atoms with Gasteiger partial charge >= 0.3 is 12.0 Å². The zero-order valence-corrected chi connectivity index (χ0v) is 16.2. The van der Waals surface area contributed by atoms with Crippen LogP contribution in [0.5, 0.6) is 11.5 Å². The second-order valence-electron chi connectivity index (χ2n) is 5.95. The van der Waals surface area contributed by atoms with E-state index in [1.54, 1.807) is 18.2 Å². The van der Waals surface area contributed by atoms with Crippen LogP contribution in [0.1, 0.15) is 28.8 Å². The normalized spacial score (nSPS) is 14.9. The SMILES string of the molecule is CCOc1c(C=C2NC(=O)N(Cc3ccc(C(=O)OC)o3)C2=O)cccc1OC. The minimum absolute atomic E-state index is 0.0111. The van der Waals surface area contributed by atoms with E-state index < -0.39 is 17.9 Å². The fourth-order valence-electron chi connectivity index (χ4n) is 2.81. The first kappa shape index (κ1) is 20.0. The summed E-state index contributed by atoms with van der Waals surface area (Å²) in [6.07, 6.45) is 1.52. The van der Waals surface area contributed by atoms with E-state index in [2.05, 4.69) is 10.1 Å². The Hall–Kier alpha value is -3.75. The fourth-order valence-corrected chi connectivity index (χ4v) is 2.81. The lowest BCUT2D eigenvalue weighted by Crippen LogP contribution is -2.30. The van der Waals surface area contributed by atoms with E-state index in [9.17, 15) is 14.4 Å². The maximum atomic E-state index is 12.7. The summed E-state index contributed by atoms with van der Waals surface area (Å²) in [7, 11) is 2.75. The van der Waals surface area contributed by atoms with Gasteiger partial charge in [-0.05, 0) is 31.2 Å². The number of hydrogen-bond donors (Lipinski definition) is 1. The number of hydrogen-bond acceptors (Lipinski definition) is 7. The quantitative estimate of drug-likeness (QED) is 0.432. The summed E-state index contributed by atoms with van der Waals surface area (Å²) in [6.45, 7) is 2.11. The minimum Gasteiger partial charge on any atom is -0.493 e. The number of methoxy groups -OCH3 is 2. The average Bonchev–Trinajstić information content (AvgIpc) is 3.29. The molecule has 0 atom stereocenters. The minimum atomic E-state index is -0.643. The smallest absolute Gasteiger partial charge is 0.373 e. The Morgan fingerprint density at radius 1 is 1.21 bits per heavy atom. The summed E-state index contributed by atoms with van der Waals surface area (Å²) in [5.74, 6) is 0.0707. The first-order chi connectivity index (χ1) is 14.0. The van der Waals surface area contributed by atoms with Crippen LogP contribution in [0.15, 0.2) is 40.4 Å². The lowest BCUT2D eigenvalue weighted by molar-refractivity contribution is -0.123. The molecule has 0 aliphatic carbocycles. The molecule has 9 heteroatoms. The van der Waals surface area contributed by atoms with Gasteiger partial charge < -0.3 is 23.9 Å². The van der Waals surface area contributed by atoms with Gasteiger partial charge in [-0.2, -0.15) is 0 Å². The van der Waals surface area contributed by atoms with Gasteiger partial charge in [-0.1, -0.05) is 12.1 Å². The van der Waals surface area contributed by atoms with Crippen molar-refractivity contribution in [3.05, 3.63) is 53.1 Å². The molecule has 1 N–H and O–H groups in total. The Morgan fingerprint density at radius 3 is 2.69 bits per heavy atom. The Morgan fingerprint density at radius 2 is 2.00 bits per heavy atom. The molecular formula is C20H20N2O7. The molecule has 0 saturated carbocycles. The van der Waals surface area contributed by atoms with E-state index in [1.165, 1.54) is 32.4 Å². The molecule has 1 aromatic carbocycles. The molecule has 29 heavy (non-hydrogen) atoms. The Kier molecular flexibility index (Phi) is 5.87. The van der Waals surface area contributed by atoms with Gasteiger partial charge in [0.2, 0.25) is 5.76 Å². The predicted octanol–water partition coefficient (Wildman–Crippen LogP) is 2.57. The number of nitrogens with one attached hydrogen (secondary N) is 1. The van der Waals surface area contributed by atoms with Crippen molar-refractivity contribution in [3.8, 4) is 11.5 Å². The number of furan rings is 1. The summed E-state index contributed by atoms with van der Waals surface area (Å²) in [6, 6.07) is 7.56. The van der Waals surface area contributed by atoms with Crippen molar-refractivity contribution in [1.82, 2.24) is 10.2 Å². The zero-order valence-electron chi connectivity index (χ0n) is 16.2. The molecule has 0 unspecified atom stereocenters. The average molecular weight is 400 g/mol. The van der Waals surface area contributed by atoms with E-state index in [1.807, 2.05) is 6.92 Å². The van der Waals surface area contributed by atoms with Crippen LogP contribution in [-0.4, -0.2) is 43.6 Å². The number of amides is 3. The summed E-state index contributed by atoms with van der Waals surface area (Å²) < 4.78 is 20.8. The third kappa shape index (κ3) is 4.08. The van der Waals surface area contributed by atoms with Crippen LogP contribution in [0, 0.1) is 0 Å². The summed E-state index contributed by atoms with van der Waals surface area (Å²) in [4.78, 5) is 37.5. The maximum absolute atomic E-state index is 12.7. The largest absolute Gasteiger partial charge is 0.493 e. The molecule has 3 rings (SSSR count). The van der Waals surface area contributed by atoms with Gasteiger partial charge in [-0.3, -0.25) is 9.69 Å². The topological polar surface area (TPSA) is 107 Å². The van der Waals surface area contributed by atoms with Gasteiger partial charge in [-0.25, -0.2) is 9.59 Å². The number of para-hydroxylation sites is 1. The predicted molar refractivity (Wildman–Crippen MR) is 101 cm³/mol. The summed E-state index contributed by atoms with van der Waals surface area (Å²) in [5, 5.41) is 2.54. The fraction of sp³-hybridized carbons (Fsp3) is 0.250. The molecule has 2 heterocycles. The second-order valence-corrected chi connectivity index (χ2v) is 5.95. The number of esters is 1. The van der Waals surface area contributed by atoms with Crippen molar-refractivity contribution in [2.45, 2.75) is 13.5 Å². The van der Waals surface area contributed by atoms with Crippen molar-refractivity contribution in [2.75, 3.05) is 20.8 Å². The lowest BCUT2D eigenvalue weighted by Gasteiger charge is -2.12. The van der Waals surface area contributed by atoms with Gasteiger partial charge in [0, 0.05) is 5.56 Å². The van der Waals surface area contributed by atoms with E-state index in [0.29, 0.717) is 23.7 Å². The summed E-state index contributed by atoms with van der Waals surface area (Å²) >= 11 is 0. The molecular weight excluding hydrogens is 380 g/mol. The lowest BCUT2D eigenvalue weighted by atomic mass is 10.1. The molecule has 1 saturated heterocycles. The highest BCUT2D eigenvalue weighted by atomic mass is 16.5. The Labute approximate surface area is 166 Å². The number of ether oxygens (including phenoxy) is 3.